The van der Waals surface area contributed by atoms with E-state index in [1.165, 1.54) is 19.4 Å². The predicted molar refractivity (Wildman–Crippen MR) is 50.3 cm³/mol. The monoisotopic (exact) mass is 146 g/mol. The summed E-state index contributed by atoms with van der Waals surface area (Å²) in [5.41, 5.74) is 1.17. The highest BCUT2D eigenvalue weighted by molar-refractivity contribution is 5.72. The van der Waals surface area contributed by atoms with Gasteiger partial charge in [-0.15, -0.1) is 6.58 Å². The van der Waals surface area contributed by atoms with E-state index >= 15 is 0 Å². The van der Waals surface area contributed by atoms with Gasteiger partial charge in [-0.25, -0.2) is 0 Å². The van der Waals surface area contributed by atoms with E-state index in [0.717, 1.165) is 0 Å². The molecule has 64 valence electrons. The average Bonchev–Trinajstić information content (AvgIpc) is 1.25. The molecule has 1 nitrogen and oxygen atoms in total. The predicted octanol–water partition coefficient (Wildman–Crippen LogP) is 3.45. The van der Waals surface area contributed by atoms with E-state index in [4.69, 9.17) is 0 Å². The molecule has 0 bridgehead atoms. The van der Waals surface area contributed by atoms with Gasteiger partial charge in [0.05, 0.1) is 0 Å². The number of hydrogen-bond donors (Lipinski definition) is 0. The Morgan fingerprint density at radius 3 is 1.00 bits per heavy atom. The van der Waals surface area contributed by atoms with Gasteiger partial charge in [0.1, 0.15) is 5.78 Å². The van der Waals surface area contributed by atoms with Crippen LogP contribution in [0.4, 0.5) is 0 Å². The van der Waals surface area contributed by atoms with Gasteiger partial charge in [-0.3, -0.25) is 0 Å². The number of rotatable bonds is 0. The fraction of sp³-hybridized carbons (Fsp3) is 0.667. The van der Waals surface area contributed by atoms with Crippen LogP contribution in [0, 0.1) is 0 Å². The third-order valence-electron chi connectivity index (χ3n) is 0. The van der Waals surface area contributed by atoms with Crippen LogP contribution in [0.15, 0.2) is 12.2 Å². The maximum atomic E-state index is 9.44. The highest BCUT2D eigenvalue weighted by atomic mass is 16.1. The zero-order valence-electron chi connectivity index (χ0n) is 6.12. The van der Waals surface area contributed by atoms with E-state index in [1.807, 2.05) is 13.8 Å². The smallest absolute Gasteiger partial charge is 0.126 e. The highest BCUT2D eigenvalue weighted by Gasteiger charge is 1.62. The van der Waals surface area contributed by atoms with E-state index in [1.54, 1.807) is 0 Å². The number of carbonyl (C=O) groups excluding carboxylic acids is 1. The van der Waals surface area contributed by atoms with Crippen molar-refractivity contribution in [1.82, 2.24) is 0 Å². The van der Waals surface area contributed by atoms with E-state index in [9.17, 15) is 4.79 Å². The van der Waals surface area contributed by atoms with Crippen molar-refractivity contribution in [2.45, 2.75) is 42.5 Å². The van der Waals surface area contributed by atoms with Crippen molar-refractivity contribution in [3.8, 4) is 0 Å². The van der Waals surface area contributed by atoms with Gasteiger partial charge in [0, 0.05) is 0 Å². The molecule has 0 aliphatic carbocycles. The zero-order valence-corrected chi connectivity index (χ0v) is 6.12. The maximum Gasteiger partial charge on any atom is 0.126 e. The molecule has 0 spiro atoms. The molecule has 0 radical (unpaired) electrons. The SMILES string of the molecule is C.C.C=C(C)C.CC(C)=O. The maximum absolute atomic E-state index is 9.44. The summed E-state index contributed by atoms with van der Waals surface area (Å²) in [5.74, 6) is 0.167. The number of allylic oxidation sites excluding steroid dienone is 1. The standard InChI is InChI=1S/C4H8.C3H6O.2CH4/c1-4(2)3;1-3(2)4;;/h1H2,2-3H3;1-2H3;2*1H4. The molecular formula is C9H22O. The van der Waals surface area contributed by atoms with Crippen molar-refractivity contribution in [1.29, 1.82) is 0 Å². The second-order valence-electron chi connectivity index (χ2n) is 2.12. The molecule has 0 aromatic carbocycles. The van der Waals surface area contributed by atoms with Gasteiger partial charge < -0.3 is 4.79 Å². The zero-order chi connectivity index (χ0) is 7.15. The minimum atomic E-state index is 0. The number of Topliss-reactive ketones (excluding diaryl/α,β-unsaturated/α-hetero) is 1. The van der Waals surface area contributed by atoms with Crippen LogP contribution in [0.25, 0.3) is 0 Å². The summed E-state index contributed by atoms with van der Waals surface area (Å²) in [6.07, 6.45) is 0. The van der Waals surface area contributed by atoms with Crippen LogP contribution in [-0.4, -0.2) is 5.78 Å². The highest BCUT2D eigenvalue weighted by Crippen LogP contribution is 1.73. The molecule has 0 unspecified atom stereocenters. The van der Waals surface area contributed by atoms with Crippen LogP contribution in [-0.2, 0) is 4.79 Å². The summed E-state index contributed by atoms with van der Waals surface area (Å²) in [5, 5.41) is 0. The van der Waals surface area contributed by atoms with E-state index in [2.05, 4.69) is 6.58 Å². The molecule has 10 heavy (non-hydrogen) atoms. The molecule has 0 rings (SSSR count). The molecule has 0 fully saturated rings. The summed E-state index contributed by atoms with van der Waals surface area (Å²) < 4.78 is 0. The van der Waals surface area contributed by atoms with E-state index in [-0.39, 0.29) is 20.6 Å². The van der Waals surface area contributed by atoms with Gasteiger partial charge in [0.15, 0.2) is 0 Å². The number of ketones is 1. The number of hydrogen-bond acceptors (Lipinski definition) is 1. The van der Waals surface area contributed by atoms with Crippen LogP contribution in [0.3, 0.4) is 0 Å². The normalized spacial score (nSPS) is 5.20. The molecule has 0 amide bonds. The van der Waals surface area contributed by atoms with Gasteiger partial charge in [0.25, 0.3) is 0 Å². The molecule has 0 aromatic rings. The summed E-state index contributed by atoms with van der Waals surface area (Å²) in [6.45, 7) is 10.6. The Morgan fingerprint density at radius 2 is 1.00 bits per heavy atom. The van der Waals surface area contributed by atoms with E-state index in [0.29, 0.717) is 0 Å². The van der Waals surface area contributed by atoms with Gasteiger partial charge in [-0.1, -0.05) is 20.4 Å². The molecule has 0 atom stereocenters. The lowest BCUT2D eigenvalue weighted by molar-refractivity contribution is -0.114. The van der Waals surface area contributed by atoms with Crippen molar-refractivity contribution < 1.29 is 4.79 Å². The first kappa shape index (κ1) is 22.7. The Kier molecular flexibility index (Phi) is 35.9. The van der Waals surface area contributed by atoms with Gasteiger partial charge in [-0.2, -0.15) is 0 Å². The largest absolute Gasteiger partial charge is 0.300 e. The second kappa shape index (κ2) is 15.8. The Balaban J connectivity index is -0.0000000300. The fourth-order valence-corrected chi connectivity index (χ4v) is 0. The van der Waals surface area contributed by atoms with Gasteiger partial charge in [-0.05, 0) is 27.7 Å². The summed E-state index contributed by atoms with van der Waals surface area (Å²) in [6, 6.07) is 0. The molecule has 0 saturated heterocycles. The summed E-state index contributed by atoms with van der Waals surface area (Å²) >= 11 is 0. The third-order valence-corrected chi connectivity index (χ3v) is 0. The quantitative estimate of drug-likeness (QED) is 0.478. The number of carbonyl (C=O) groups is 1. The Hall–Kier alpha value is -0.590. The van der Waals surface area contributed by atoms with Crippen LogP contribution in [0.5, 0.6) is 0 Å². The molecule has 0 aliphatic heterocycles. The summed E-state index contributed by atoms with van der Waals surface area (Å²) in [4.78, 5) is 9.44. The van der Waals surface area contributed by atoms with E-state index < -0.39 is 0 Å². The van der Waals surface area contributed by atoms with Crippen molar-refractivity contribution in [3.63, 3.8) is 0 Å². The molecule has 1 heteroatoms. The Bertz CT molecular complexity index is 62.7. The topological polar surface area (TPSA) is 17.1 Å². The summed E-state index contributed by atoms with van der Waals surface area (Å²) in [7, 11) is 0. The van der Waals surface area contributed by atoms with Crippen LogP contribution < -0.4 is 0 Å². The van der Waals surface area contributed by atoms with Crippen molar-refractivity contribution in [2.24, 2.45) is 0 Å². The van der Waals surface area contributed by atoms with Gasteiger partial charge in [0.2, 0.25) is 0 Å². The van der Waals surface area contributed by atoms with Crippen molar-refractivity contribution >= 4 is 5.78 Å². The second-order valence-corrected chi connectivity index (χ2v) is 2.12. The minimum absolute atomic E-state index is 0. The average molecular weight is 146 g/mol. The fourth-order valence-electron chi connectivity index (χ4n) is 0. The Morgan fingerprint density at radius 1 is 1.00 bits per heavy atom. The first-order valence-electron chi connectivity index (χ1n) is 2.56. The van der Waals surface area contributed by atoms with Gasteiger partial charge >= 0.3 is 0 Å². The molecule has 0 aromatic heterocycles. The first-order chi connectivity index (χ1) is 3.46. The minimum Gasteiger partial charge on any atom is -0.300 e. The van der Waals surface area contributed by atoms with Crippen LogP contribution in [0.1, 0.15) is 42.5 Å². The lowest BCUT2D eigenvalue weighted by atomic mass is 10.4. The molecular weight excluding hydrogens is 124 g/mol. The van der Waals surface area contributed by atoms with Crippen molar-refractivity contribution in [2.75, 3.05) is 0 Å². The van der Waals surface area contributed by atoms with Crippen LogP contribution in [0.2, 0.25) is 0 Å². The molecule has 0 aliphatic rings. The van der Waals surface area contributed by atoms with Crippen molar-refractivity contribution in [3.05, 3.63) is 12.2 Å². The van der Waals surface area contributed by atoms with Crippen LogP contribution >= 0.6 is 0 Å². The first-order valence-corrected chi connectivity index (χ1v) is 2.56. The Labute approximate surface area is 66.1 Å². The molecule has 0 heterocycles. The third kappa shape index (κ3) is 875. The lowest BCUT2D eigenvalue weighted by Gasteiger charge is -1.65. The lowest BCUT2D eigenvalue weighted by Crippen LogP contribution is -1.69. The molecule has 0 N–H and O–H groups in total. The molecule has 0 saturated carbocycles.